The Hall–Kier alpha value is -0.120. The molecular weight excluding hydrogens is 214 g/mol. The second kappa shape index (κ2) is 5.25. The molecule has 1 aliphatic carbocycles. The summed E-state index contributed by atoms with van der Waals surface area (Å²) >= 11 is 0. The van der Waals surface area contributed by atoms with E-state index in [-0.39, 0.29) is 12.0 Å². The van der Waals surface area contributed by atoms with Crippen LogP contribution in [0, 0.1) is 16.7 Å². The third-order valence-corrected chi connectivity index (χ3v) is 4.69. The van der Waals surface area contributed by atoms with Gasteiger partial charge in [-0.2, -0.15) is 0 Å². The molecule has 0 amide bonds. The van der Waals surface area contributed by atoms with Gasteiger partial charge in [0.05, 0.1) is 25.2 Å². The lowest BCUT2D eigenvalue weighted by molar-refractivity contribution is -0.134. The third-order valence-electron chi connectivity index (χ3n) is 4.69. The number of aliphatic hydroxyl groups is 1. The van der Waals surface area contributed by atoms with Crippen molar-refractivity contribution in [1.29, 1.82) is 0 Å². The van der Waals surface area contributed by atoms with E-state index in [9.17, 15) is 5.11 Å². The van der Waals surface area contributed by atoms with Gasteiger partial charge in [-0.05, 0) is 24.2 Å². The summed E-state index contributed by atoms with van der Waals surface area (Å²) in [6, 6.07) is 0. The zero-order chi connectivity index (χ0) is 12.4. The summed E-state index contributed by atoms with van der Waals surface area (Å²) in [4.78, 5) is 0. The first-order valence-corrected chi connectivity index (χ1v) is 6.97. The Morgan fingerprint density at radius 2 is 1.94 bits per heavy atom. The van der Waals surface area contributed by atoms with Gasteiger partial charge in [0.2, 0.25) is 0 Å². The lowest BCUT2D eigenvalue weighted by Gasteiger charge is -2.41. The van der Waals surface area contributed by atoms with Crippen LogP contribution in [0.1, 0.15) is 39.5 Å². The molecule has 1 saturated heterocycles. The van der Waals surface area contributed by atoms with Crippen LogP contribution < -0.4 is 5.32 Å². The van der Waals surface area contributed by atoms with Crippen molar-refractivity contribution < 1.29 is 9.84 Å². The molecule has 0 aromatic rings. The molecule has 1 heterocycles. The molecule has 0 bridgehead atoms. The van der Waals surface area contributed by atoms with Crippen molar-refractivity contribution in [3.05, 3.63) is 0 Å². The first kappa shape index (κ1) is 13.3. The van der Waals surface area contributed by atoms with Crippen LogP contribution in [0.2, 0.25) is 0 Å². The maximum absolute atomic E-state index is 9.36. The fourth-order valence-corrected chi connectivity index (χ4v) is 3.14. The number of nitrogens with one attached hydrogen (secondary N) is 1. The lowest BCUT2D eigenvalue weighted by Crippen LogP contribution is -2.53. The second-order valence-corrected chi connectivity index (χ2v) is 6.72. The molecule has 0 spiro atoms. The molecule has 1 aliphatic heterocycles. The molecule has 2 fully saturated rings. The Balaban J connectivity index is 1.73. The van der Waals surface area contributed by atoms with Gasteiger partial charge in [-0.1, -0.05) is 26.7 Å². The van der Waals surface area contributed by atoms with Crippen LogP contribution in [0.25, 0.3) is 0 Å². The standard InChI is InChI=1S/C14H27NO2/c1-13(2,12-5-3-4-6-12)7-15-8-14(9-16)10-17-11-14/h12,15-16H,3-11H2,1-2H3. The summed E-state index contributed by atoms with van der Waals surface area (Å²) in [5.41, 5.74) is 0.392. The van der Waals surface area contributed by atoms with Crippen LogP contribution in [-0.2, 0) is 4.74 Å². The highest BCUT2D eigenvalue weighted by molar-refractivity contribution is 4.89. The highest BCUT2D eigenvalue weighted by atomic mass is 16.5. The number of rotatable bonds is 6. The zero-order valence-electron chi connectivity index (χ0n) is 11.3. The summed E-state index contributed by atoms with van der Waals surface area (Å²) in [6.45, 7) is 8.35. The predicted molar refractivity (Wildman–Crippen MR) is 68.9 cm³/mol. The van der Waals surface area contributed by atoms with Crippen molar-refractivity contribution in [1.82, 2.24) is 5.32 Å². The first-order valence-electron chi connectivity index (χ1n) is 6.97. The van der Waals surface area contributed by atoms with Crippen LogP contribution in [0.5, 0.6) is 0 Å². The molecule has 3 nitrogen and oxygen atoms in total. The maximum atomic E-state index is 9.36. The molecule has 0 radical (unpaired) electrons. The minimum absolute atomic E-state index is 0.00571. The molecular formula is C14H27NO2. The van der Waals surface area contributed by atoms with E-state index in [1.807, 2.05) is 0 Å². The van der Waals surface area contributed by atoms with Crippen LogP contribution in [0.4, 0.5) is 0 Å². The van der Waals surface area contributed by atoms with E-state index in [0.29, 0.717) is 18.6 Å². The van der Waals surface area contributed by atoms with Gasteiger partial charge in [-0.15, -0.1) is 0 Å². The van der Waals surface area contributed by atoms with E-state index in [4.69, 9.17) is 4.74 Å². The van der Waals surface area contributed by atoms with E-state index >= 15 is 0 Å². The Bertz CT molecular complexity index is 237. The van der Waals surface area contributed by atoms with Gasteiger partial charge in [-0.3, -0.25) is 0 Å². The Morgan fingerprint density at radius 3 is 2.41 bits per heavy atom. The van der Waals surface area contributed by atoms with Crippen LogP contribution in [-0.4, -0.2) is 38.0 Å². The smallest absolute Gasteiger partial charge is 0.0579 e. The molecule has 0 unspecified atom stereocenters. The van der Waals surface area contributed by atoms with Gasteiger partial charge in [0, 0.05) is 13.1 Å². The van der Waals surface area contributed by atoms with Gasteiger partial charge in [0.15, 0.2) is 0 Å². The minimum Gasteiger partial charge on any atom is -0.396 e. The van der Waals surface area contributed by atoms with Crippen LogP contribution in [0.15, 0.2) is 0 Å². The number of hydrogen-bond donors (Lipinski definition) is 2. The highest BCUT2D eigenvalue weighted by Gasteiger charge is 2.38. The SMILES string of the molecule is CC(C)(CNCC1(CO)COC1)C1CCCC1. The molecule has 2 N–H and O–H groups in total. The zero-order valence-corrected chi connectivity index (χ0v) is 11.3. The summed E-state index contributed by atoms with van der Waals surface area (Å²) in [5, 5.41) is 12.9. The van der Waals surface area contributed by atoms with Crippen molar-refractivity contribution in [3.8, 4) is 0 Å². The molecule has 0 atom stereocenters. The molecule has 0 aromatic heterocycles. The van der Waals surface area contributed by atoms with Crippen molar-refractivity contribution in [2.75, 3.05) is 32.9 Å². The number of ether oxygens (including phenoxy) is 1. The number of hydrogen-bond acceptors (Lipinski definition) is 3. The van der Waals surface area contributed by atoms with E-state index in [2.05, 4.69) is 19.2 Å². The topological polar surface area (TPSA) is 41.5 Å². The van der Waals surface area contributed by atoms with Gasteiger partial charge < -0.3 is 15.2 Å². The highest BCUT2D eigenvalue weighted by Crippen LogP contribution is 2.39. The molecule has 1 saturated carbocycles. The summed E-state index contributed by atoms with van der Waals surface area (Å²) in [5.74, 6) is 0.873. The van der Waals surface area contributed by atoms with Crippen molar-refractivity contribution in [2.45, 2.75) is 39.5 Å². The Morgan fingerprint density at radius 1 is 1.29 bits per heavy atom. The van der Waals surface area contributed by atoms with Gasteiger partial charge in [0.25, 0.3) is 0 Å². The molecule has 17 heavy (non-hydrogen) atoms. The van der Waals surface area contributed by atoms with Crippen molar-refractivity contribution >= 4 is 0 Å². The van der Waals surface area contributed by atoms with E-state index in [1.54, 1.807) is 0 Å². The second-order valence-electron chi connectivity index (χ2n) is 6.72. The third kappa shape index (κ3) is 3.01. The first-order chi connectivity index (χ1) is 8.08. The van der Waals surface area contributed by atoms with Gasteiger partial charge in [-0.25, -0.2) is 0 Å². The average Bonchev–Trinajstić information content (AvgIpc) is 2.76. The van der Waals surface area contributed by atoms with Gasteiger partial charge in [0.1, 0.15) is 0 Å². The lowest BCUT2D eigenvalue weighted by atomic mass is 9.77. The normalized spacial score (nSPS) is 24.9. The largest absolute Gasteiger partial charge is 0.396 e. The van der Waals surface area contributed by atoms with E-state index in [0.717, 1.165) is 19.0 Å². The Labute approximate surface area is 105 Å². The summed E-state index contributed by atoms with van der Waals surface area (Å²) < 4.78 is 5.21. The molecule has 100 valence electrons. The fraction of sp³-hybridized carbons (Fsp3) is 1.00. The monoisotopic (exact) mass is 241 g/mol. The molecule has 3 heteroatoms. The average molecular weight is 241 g/mol. The van der Waals surface area contributed by atoms with Gasteiger partial charge >= 0.3 is 0 Å². The predicted octanol–water partition coefficient (Wildman–Crippen LogP) is 1.80. The maximum Gasteiger partial charge on any atom is 0.0579 e. The summed E-state index contributed by atoms with van der Waals surface area (Å²) in [6.07, 6.45) is 5.59. The fourth-order valence-electron chi connectivity index (χ4n) is 3.14. The molecule has 0 aromatic carbocycles. The van der Waals surface area contributed by atoms with Crippen molar-refractivity contribution in [3.63, 3.8) is 0 Å². The number of aliphatic hydroxyl groups excluding tert-OH is 1. The quantitative estimate of drug-likeness (QED) is 0.745. The van der Waals surface area contributed by atoms with Crippen LogP contribution >= 0.6 is 0 Å². The van der Waals surface area contributed by atoms with Crippen LogP contribution in [0.3, 0.4) is 0 Å². The molecule has 2 aliphatic rings. The van der Waals surface area contributed by atoms with E-state index in [1.165, 1.54) is 25.7 Å². The Kier molecular flexibility index (Phi) is 4.11. The molecule has 2 rings (SSSR count). The minimum atomic E-state index is 0.00571. The van der Waals surface area contributed by atoms with Crippen molar-refractivity contribution in [2.24, 2.45) is 16.7 Å². The summed E-state index contributed by atoms with van der Waals surface area (Å²) in [7, 11) is 0. The van der Waals surface area contributed by atoms with E-state index < -0.39 is 0 Å².